The van der Waals surface area contributed by atoms with Crippen LogP contribution in [0.3, 0.4) is 0 Å². The zero-order chi connectivity index (χ0) is 15.3. The van der Waals surface area contributed by atoms with Gasteiger partial charge in [-0.2, -0.15) is 4.31 Å². The molecule has 1 heterocycles. The maximum absolute atomic E-state index is 12.2. The summed E-state index contributed by atoms with van der Waals surface area (Å²) in [4.78, 5) is 23.2. The fraction of sp³-hybridized carbons (Fsp3) is 0.833. The van der Waals surface area contributed by atoms with E-state index in [0.29, 0.717) is 32.2 Å². The second-order valence-corrected chi connectivity index (χ2v) is 7.01. The molecule has 116 valence electrons. The minimum Gasteiger partial charge on any atom is -0.480 e. The number of rotatable bonds is 6. The van der Waals surface area contributed by atoms with Crippen LogP contribution in [0.4, 0.5) is 0 Å². The zero-order valence-corrected chi connectivity index (χ0v) is 12.6. The molecule has 0 bridgehead atoms. The molecule has 1 unspecified atom stereocenters. The number of nitrogens with zero attached hydrogens (tertiary/aromatic N) is 1. The van der Waals surface area contributed by atoms with E-state index in [0.717, 1.165) is 17.0 Å². The van der Waals surface area contributed by atoms with Gasteiger partial charge >= 0.3 is 5.97 Å². The van der Waals surface area contributed by atoms with Crippen molar-refractivity contribution in [1.29, 1.82) is 0 Å². The van der Waals surface area contributed by atoms with Gasteiger partial charge < -0.3 is 10.4 Å². The number of amides is 1. The number of aliphatic carboxylic acids is 1. The number of carboxylic acids is 1. The Balaban J connectivity index is 2.80. The highest BCUT2D eigenvalue weighted by Gasteiger charge is 2.35. The third-order valence-electron chi connectivity index (χ3n) is 3.37. The predicted octanol–water partition coefficient (Wildman–Crippen LogP) is 0.170. The topological polar surface area (TPSA) is 104 Å². The molecule has 0 aromatic rings. The fourth-order valence-electron chi connectivity index (χ4n) is 2.38. The Labute approximate surface area is 119 Å². The van der Waals surface area contributed by atoms with Gasteiger partial charge in [-0.1, -0.05) is 19.8 Å². The van der Waals surface area contributed by atoms with Gasteiger partial charge in [0.25, 0.3) is 0 Å². The first-order valence-corrected chi connectivity index (χ1v) is 8.62. The Hall–Kier alpha value is -1.15. The number of carbonyl (C=O) groups excluding carboxylic acids is 1. The lowest BCUT2D eigenvalue weighted by Crippen LogP contribution is -2.54. The van der Waals surface area contributed by atoms with Crippen molar-refractivity contribution in [2.75, 3.05) is 12.8 Å². The molecule has 2 N–H and O–H groups in total. The average molecular weight is 306 g/mol. The van der Waals surface area contributed by atoms with Crippen molar-refractivity contribution in [3.05, 3.63) is 0 Å². The van der Waals surface area contributed by atoms with Gasteiger partial charge in [0.2, 0.25) is 15.9 Å². The normalized spacial score (nSPS) is 22.2. The summed E-state index contributed by atoms with van der Waals surface area (Å²) in [6.45, 7) is 2.13. The molecule has 0 saturated carbocycles. The third kappa shape index (κ3) is 4.45. The van der Waals surface area contributed by atoms with Crippen LogP contribution in [0.25, 0.3) is 0 Å². The van der Waals surface area contributed by atoms with E-state index < -0.39 is 34.0 Å². The van der Waals surface area contributed by atoms with Crippen molar-refractivity contribution in [2.24, 2.45) is 0 Å². The molecular formula is C12H22N2O5S. The Morgan fingerprint density at radius 1 is 1.40 bits per heavy atom. The first-order valence-electron chi connectivity index (χ1n) is 6.77. The first kappa shape index (κ1) is 16.9. The Kier molecular flexibility index (Phi) is 5.94. The van der Waals surface area contributed by atoms with E-state index in [1.54, 1.807) is 0 Å². The highest BCUT2D eigenvalue weighted by molar-refractivity contribution is 7.88. The van der Waals surface area contributed by atoms with Crippen molar-refractivity contribution < 1.29 is 23.1 Å². The average Bonchev–Trinajstić information content (AvgIpc) is 2.37. The van der Waals surface area contributed by atoms with Gasteiger partial charge in [0.05, 0.1) is 6.26 Å². The van der Waals surface area contributed by atoms with Gasteiger partial charge in [-0.3, -0.25) is 4.79 Å². The number of carbonyl (C=O) groups is 2. The lowest BCUT2D eigenvalue weighted by Gasteiger charge is -2.33. The molecule has 0 aliphatic carbocycles. The van der Waals surface area contributed by atoms with Crippen LogP contribution in [0.1, 0.15) is 39.0 Å². The molecule has 0 aromatic heterocycles. The summed E-state index contributed by atoms with van der Waals surface area (Å²) in [5.74, 6) is -1.61. The van der Waals surface area contributed by atoms with Crippen LogP contribution in [0, 0.1) is 0 Å². The standard InChI is InChI=1S/C12H22N2O5S/c1-3-6-9(12(16)17)13-11(15)10-7-4-5-8-14(10)20(2,18)19/h9-10H,3-8H2,1-2H3,(H,13,15)(H,16,17)/t9-,10?/m1/s1. The van der Waals surface area contributed by atoms with Crippen molar-refractivity contribution in [3.63, 3.8) is 0 Å². The predicted molar refractivity (Wildman–Crippen MR) is 73.7 cm³/mol. The molecule has 1 fully saturated rings. The van der Waals surface area contributed by atoms with E-state index in [1.807, 2.05) is 6.92 Å². The molecule has 2 atom stereocenters. The first-order chi connectivity index (χ1) is 9.27. The lowest BCUT2D eigenvalue weighted by atomic mass is 10.0. The molecule has 0 spiro atoms. The van der Waals surface area contributed by atoms with Crippen LogP contribution >= 0.6 is 0 Å². The van der Waals surface area contributed by atoms with Crippen LogP contribution in [-0.2, 0) is 19.6 Å². The maximum atomic E-state index is 12.2. The third-order valence-corrected chi connectivity index (χ3v) is 4.66. The number of nitrogens with one attached hydrogen (secondary N) is 1. The largest absolute Gasteiger partial charge is 0.480 e. The maximum Gasteiger partial charge on any atom is 0.326 e. The monoisotopic (exact) mass is 306 g/mol. The number of sulfonamides is 1. The van der Waals surface area contributed by atoms with E-state index in [4.69, 9.17) is 5.11 Å². The van der Waals surface area contributed by atoms with Gasteiger partial charge in [-0.15, -0.1) is 0 Å². The molecule has 20 heavy (non-hydrogen) atoms. The summed E-state index contributed by atoms with van der Waals surface area (Å²) < 4.78 is 24.5. The Bertz CT molecular complexity index is 462. The second kappa shape index (κ2) is 7.03. The number of hydrogen-bond donors (Lipinski definition) is 2. The molecule has 0 aromatic carbocycles. The molecule has 1 amide bonds. The van der Waals surface area contributed by atoms with Gasteiger partial charge in [-0.25, -0.2) is 13.2 Å². The van der Waals surface area contributed by atoms with E-state index in [9.17, 15) is 18.0 Å². The smallest absolute Gasteiger partial charge is 0.326 e. The molecule has 0 radical (unpaired) electrons. The van der Waals surface area contributed by atoms with Gasteiger partial charge in [-0.05, 0) is 19.3 Å². The quantitative estimate of drug-likeness (QED) is 0.728. The van der Waals surface area contributed by atoms with E-state index in [2.05, 4.69) is 5.32 Å². The molecule has 8 heteroatoms. The van der Waals surface area contributed by atoms with Crippen LogP contribution in [-0.4, -0.2) is 54.6 Å². The Morgan fingerprint density at radius 3 is 2.55 bits per heavy atom. The molecule has 7 nitrogen and oxygen atoms in total. The molecule has 1 aliphatic heterocycles. The summed E-state index contributed by atoms with van der Waals surface area (Å²) in [5.41, 5.74) is 0. The van der Waals surface area contributed by atoms with Crippen molar-refractivity contribution in [1.82, 2.24) is 9.62 Å². The van der Waals surface area contributed by atoms with E-state index >= 15 is 0 Å². The SMILES string of the molecule is CCC[C@@H](NC(=O)C1CCCCN1S(C)(=O)=O)C(=O)O. The van der Waals surface area contributed by atoms with Crippen molar-refractivity contribution in [3.8, 4) is 0 Å². The summed E-state index contributed by atoms with van der Waals surface area (Å²) in [7, 11) is -3.46. The van der Waals surface area contributed by atoms with Crippen molar-refractivity contribution >= 4 is 21.9 Å². The van der Waals surface area contributed by atoms with Gasteiger partial charge in [0.1, 0.15) is 12.1 Å². The summed E-state index contributed by atoms with van der Waals surface area (Å²) in [6.07, 6.45) is 3.92. The number of hydrogen-bond acceptors (Lipinski definition) is 4. The van der Waals surface area contributed by atoms with E-state index in [-0.39, 0.29) is 0 Å². The zero-order valence-electron chi connectivity index (χ0n) is 11.8. The molecule has 1 saturated heterocycles. The fourth-order valence-corrected chi connectivity index (χ4v) is 3.50. The summed E-state index contributed by atoms with van der Waals surface area (Å²) in [6, 6.07) is -1.76. The number of carboxylic acid groups (broad SMARTS) is 1. The van der Waals surface area contributed by atoms with Crippen LogP contribution in [0.5, 0.6) is 0 Å². The van der Waals surface area contributed by atoms with Crippen LogP contribution < -0.4 is 5.32 Å². The van der Waals surface area contributed by atoms with Crippen LogP contribution in [0.15, 0.2) is 0 Å². The van der Waals surface area contributed by atoms with Crippen molar-refractivity contribution in [2.45, 2.75) is 51.1 Å². The van der Waals surface area contributed by atoms with Gasteiger partial charge in [0.15, 0.2) is 0 Å². The molecule has 1 rings (SSSR count). The lowest BCUT2D eigenvalue weighted by molar-refractivity contribution is -0.142. The summed E-state index contributed by atoms with van der Waals surface area (Å²) in [5, 5.41) is 11.5. The number of piperidine rings is 1. The minimum absolute atomic E-state index is 0.308. The molecular weight excluding hydrogens is 284 g/mol. The van der Waals surface area contributed by atoms with Crippen LogP contribution in [0.2, 0.25) is 0 Å². The van der Waals surface area contributed by atoms with Gasteiger partial charge in [0, 0.05) is 6.54 Å². The molecule has 1 aliphatic rings. The Morgan fingerprint density at radius 2 is 2.05 bits per heavy atom. The minimum atomic E-state index is -3.46. The summed E-state index contributed by atoms with van der Waals surface area (Å²) >= 11 is 0. The highest BCUT2D eigenvalue weighted by atomic mass is 32.2. The second-order valence-electron chi connectivity index (χ2n) is 5.07. The van der Waals surface area contributed by atoms with E-state index in [1.165, 1.54) is 0 Å². The highest BCUT2D eigenvalue weighted by Crippen LogP contribution is 2.20.